The lowest BCUT2D eigenvalue weighted by molar-refractivity contribution is -0.168. The molecule has 0 saturated carbocycles. The minimum Gasteiger partial charge on any atom is -0.339 e. The Balaban J connectivity index is 1.29. The van der Waals surface area contributed by atoms with E-state index in [2.05, 4.69) is 10.1 Å². The fourth-order valence-electron chi connectivity index (χ4n) is 2.85. The van der Waals surface area contributed by atoms with Crippen LogP contribution in [0.15, 0.2) is 53.1 Å². The molecule has 0 N–H and O–H groups in total. The van der Waals surface area contributed by atoms with Gasteiger partial charge < -0.3 is 9.36 Å². The first-order chi connectivity index (χ1) is 14.0. The highest BCUT2D eigenvalue weighted by Gasteiger charge is 2.38. The van der Waals surface area contributed by atoms with Crippen molar-refractivity contribution in [3.8, 4) is 11.4 Å². The first kappa shape index (κ1) is 18.5. The van der Waals surface area contributed by atoms with E-state index >= 15 is 0 Å². The smallest absolute Gasteiger partial charge is 0.333 e. The number of rotatable bonds is 6. The van der Waals surface area contributed by atoms with E-state index in [1.165, 1.54) is 36.4 Å². The van der Waals surface area contributed by atoms with Gasteiger partial charge in [0.15, 0.2) is 0 Å². The van der Waals surface area contributed by atoms with E-state index in [9.17, 15) is 18.8 Å². The van der Waals surface area contributed by atoms with Crippen molar-refractivity contribution in [3.05, 3.63) is 71.4 Å². The second kappa shape index (κ2) is 7.63. The van der Waals surface area contributed by atoms with Gasteiger partial charge in [0.1, 0.15) is 5.82 Å². The number of imide groups is 1. The SMILES string of the molecule is O=C(CCCc1nc(-c2ccc(F)cc2)no1)ON1C(=O)c2ccccc2C1=O. The molecule has 1 aromatic heterocycles. The topological polar surface area (TPSA) is 103 Å². The van der Waals surface area contributed by atoms with Gasteiger partial charge in [0.2, 0.25) is 11.7 Å². The molecule has 2 amide bonds. The highest BCUT2D eigenvalue weighted by molar-refractivity contribution is 6.20. The standard InChI is InChI=1S/C20H14FN3O5/c21-13-10-8-12(9-11-13)18-22-16(28-23-18)6-3-7-17(25)29-24-19(26)14-4-1-2-5-15(14)20(24)27/h1-2,4-5,8-11H,3,6-7H2. The van der Waals surface area contributed by atoms with Crippen LogP contribution < -0.4 is 0 Å². The number of carbonyl (C=O) groups excluding carboxylic acids is 3. The minimum atomic E-state index is -0.724. The Labute approximate surface area is 163 Å². The Morgan fingerprint density at radius 3 is 2.34 bits per heavy atom. The number of nitrogens with zero attached hydrogens (tertiary/aromatic N) is 3. The molecule has 0 fully saturated rings. The van der Waals surface area contributed by atoms with E-state index < -0.39 is 17.8 Å². The van der Waals surface area contributed by atoms with E-state index in [1.807, 2.05) is 0 Å². The monoisotopic (exact) mass is 395 g/mol. The third-order valence-corrected chi connectivity index (χ3v) is 4.29. The van der Waals surface area contributed by atoms with Crippen LogP contribution in [-0.4, -0.2) is 33.0 Å². The van der Waals surface area contributed by atoms with Crippen molar-refractivity contribution in [1.82, 2.24) is 15.2 Å². The van der Waals surface area contributed by atoms with Crippen LogP contribution in [0, 0.1) is 5.82 Å². The number of carbonyl (C=O) groups is 3. The molecule has 29 heavy (non-hydrogen) atoms. The molecule has 2 heterocycles. The lowest BCUT2D eigenvalue weighted by atomic mass is 10.1. The molecular weight excluding hydrogens is 381 g/mol. The Kier molecular flexibility index (Phi) is 4.86. The van der Waals surface area contributed by atoms with Crippen LogP contribution in [0.3, 0.4) is 0 Å². The molecule has 0 spiro atoms. The van der Waals surface area contributed by atoms with E-state index in [-0.39, 0.29) is 23.4 Å². The number of aryl methyl sites for hydroxylation is 1. The average molecular weight is 395 g/mol. The predicted molar refractivity (Wildman–Crippen MR) is 95.7 cm³/mol. The van der Waals surface area contributed by atoms with E-state index in [0.717, 1.165) is 0 Å². The Morgan fingerprint density at radius 1 is 1.03 bits per heavy atom. The lowest BCUT2D eigenvalue weighted by Gasteiger charge is -2.12. The molecule has 0 atom stereocenters. The second-order valence-corrected chi connectivity index (χ2v) is 6.29. The van der Waals surface area contributed by atoms with Crippen LogP contribution >= 0.6 is 0 Å². The maximum atomic E-state index is 13.0. The van der Waals surface area contributed by atoms with Crippen molar-refractivity contribution >= 4 is 17.8 Å². The summed E-state index contributed by atoms with van der Waals surface area (Å²) in [5.41, 5.74) is 1.00. The number of fused-ring (bicyclic) bond motifs is 1. The molecule has 0 aliphatic carbocycles. The van der Waals surface area contributed by atoms with Crippen molar-refractivity contribution < 1.29 is 28.1 Å². The Hall–Kier alpha value is -3.88. The first-order valence-corrected chi connectivity index (χ1v) is 8.80. The summed E-state index contributed by atoms with van der Waals surface area (Å²) >= 11 is 0. The van der Waals surface area contributed by atoms with Gasteiger partial charge >= 0.3 is 5.97 Å². The van der Waals surface area contributed by atoms with Gasteiger partial charge in [-0.1, -0.05) is 22.4 Å². The fraction of sp³-hybridized carbons (Fsp3) is 0.150. The normalized spacial score (nSPS) is 12.9. The zero-order chi connectivity index (χ0) is 20.4. The molecule has 0 bridgehead atoms. The molecule has 4 rings (SSSR count). The summed E-state index contributed by atoms with van der Waals surface area (Å²) in [6.07, 6.45) is 0.556. The fourth-order valence-corrected chi connectivity index (χ4v) is 2.85. The van der Waals surface area contributed by atoms with Crippen molar-refractivity contribution in [3.63, 3.8) is 0 Å². The summed E-state index contributed by atoms with van der Waals surface area (Å²) in [6.45, 7) is 0. The molecular formula is C20H14FN3O5. The van der Waals surface area contributed by atoms with E-state index in [0.29, 0.717) is 35.2 Å². The van der Waals surface area contributed by atoms with Gasteiger partial charge in [0, 0.05) is 18.4 Å². The summed E-state index contributed by atoms with van der Waals surface area (Å²) in [6, 6.07) is 11.9. The molecule has 3 aromatic rings. The molecule has 146 valence electrons. The van der Waals surface area contributed by atoms with Crippen molar-refractivity contribution in [1.29, 1.82) is 0 Å². The van der Waals surface area contributed by atoms with Crippen LogP contribution in [-0.2, 0) is 16.1 Å². The summed E-state index contributed by atoms with van der Waals surface area (Å²) in [4.78, 5) is 45.5. The predicted octanol–water partition coefficient (Wildman–Crippen LogP) is 2.95. The summed E-state index contributed by atoms with van der Waals surface area (Å²) in [5, 5.41) is 4.30. The Bertz CT molecular complexity index is 1060. The Morgan fingerprint density at radius 2 is 1.69 bits per heavy atom. The van der Waals surface area contributed by atoms with Gasteiger partial charge in [-0.3, -0.25) is 9.59 Å². The van der Waals surface area contributed by atoms with Gasteiger partial charge in [-0.15, -0.1) is 0 Å². The van der Waals surface area contributed by atoms with Gasteiger partial charge in [-0.25, -0.2) is 9.18 Å². The molecule has 0 saturated heterocycles. The number of hydrogen-bond donors (Lipinski definition) is 0. The molecule has 0 unspecified atom stereocenters. The van der Waals surface area contributed by atoms with E-state index in [4.69, 9.17) is 9.36 Å². The van der Waals surface area contributed by atoms with Gasteiger partial charge in [-0.05, 0) is 42.8 Å². The number of hydroxylamine groups is 2. The third-order valence-electron chi connectivity index (χ3n) is 4.29. The molecule has 1 aliphatic rings. The first-order valence-electron chi connectivity index (χ1n) is 8.80. The summed E-state index contributed by atoms with van der Waals surface area (Å²) in [5.74, 6) is -1.81. The highest BCUT2D eigenvalue weighted by atomic mass is 19.1. The lowest BCUT2D eigenvalue weighted by Crippen LogP contribution is -2.32. The van der Waals surface area contributed by atoms with Gasteiger partial charge in [0.25, 0.3) is 11.8 Å². The van der Waals surface area contributed by atoms with Gasteiger partial charge in [-0.2, -0.15) is 4.98 Å². The van der Waals surface area contributed by atoms with Crippen LogP contribution in [0.1, 0.15) is 39.4 Å². The maximum Gasteiger partial charge on any atom is 0.333 e. The third kappa shape index (κ3) is 3.75. The highest BCUT2D eigenvalue weighted by Crippen LogP contribution is 2.23. The number of benzene rings is 2. The molecule has 2 aromatic carbocycles. The molecule has 1 aliphatic heterocycles. The van der Waals surface area contributed by atoms with Crippen molar-refractivity contribution in [2.45, 2.75) is 19.3 Å². The number of amides is 2. The van der Waals surface area contributed by atoms with Crippen LogP contribution in [0.4, 0.5) is 4.39 Å². The van der Waals surface area contributed by atoms with Crippen LogP contribution in [0.5, 0.6) is 0 Å². The summed E-state index contributed by atoms with van der Waals surface area (Å²) < 4.78 is 18.1. The molecule has 8 nitrogen and oxygen atoms in total. The molecule has 9 heteroatoms. The van der Waals surface area contributed by atoms with E-state index in [1.54, 1.807) is 12.1 Å². The minimum absolute atomic E-state index is 0.0539. The van der Waals surface area contributed by atoms with Crippen molar-refractivity contribution in [2.75, 3.05) is 0 Å². The van der Waals surface area contributed by atoms with Gasteiger partial charge in [0.05, 0.1) is 11.1 Å². The quantitative estimate of drug-likeness (QED) is 0.591. The summed E-state index contributed by atoms with van der Waals surface area (Å²) in [7, 11) is 0. The maximum absolute atomic E-state index is 13.0. The number of aromatic nitrogens is 2. The number of halogens is 1. The zero-order valence-electron chi connectivity index (χ0n) is 15.0. The van der Waals surface area contributed by atoms with Crippen molar-refractivity contribution in [2.24, 2.45) is 0 Å². The van der Waals surface area contributed by atoms with Crippen LogP contribution in [0.2, 0.25) is 0 Å². The number of hydrogen-bond acceptors (Lipinski definition) is 7. The molecule has 0 radical (unpaired) electrons. The zero-order valence-corrected chi connectivity index (χ0v) is 15.0. The largest absolute Gasteiger partial charge is 0.339 e. The average Bonchev–Trinajstić information content (AvgIpc) is 3.28. The van der Waals surface area contributed by atoms with Crippen LogP contribution in [0.25, 0.3) is 11.4 Å². The second-order valence-electron chi connectivity index (χ2n) is 6.29.